The molecule has 2 N–H and O–H groups in total. The van der Waals surface area contributed by atoms with Crippen LogP contribution in [0.25, 0.3) is 5.65 Å². The molecular formula is C16H24ClN5O. The van der Waals surface area contributed by atoms with Crippen LogP contribution in [0.3, 0.4) is 0 Å². The maximum absolute atomic E-state index is 12.9. The SMILES string of the molecule is Cc1cc2ncc(C(=O)N3CCC(N)C(C)(C)C3)c(C)n2n1.Cl. The number of carbonyl (C=O) groups is 1. The van der Waals surface area contributed by atoms with E-state index in [4.69, 9.17) is 5.73 Å². The second-order valence-electron chi connectivity index (χ2n) is 6.92. The number of hydrogen-bond acceptors (Lipinski definition) is 4. The van der Waals surface area contributed by atoms with Gasteiger partial charge in [0.25, 0.3) is 5.91 Å². The quantitative estimate of drug-likeness (QED) is 0.863. The van der Waals surface area contributed by atoms with Crippen molar-refractivity contribution in [3.8, 4) is 0 Å². The molecule has 1 amide bonds. The molecule has 3 heterocycles. The van der Waals surface area contributed by atoms with Gasteiger partial charge in [-0.2, -0.15) is 5.10 Å². The van der Waals surface area contributed by atoms with Gasteiger partial charge in [0.2, 0.25) is 0 Å². The van der Waals surface area contributed by atoms with Gasteiger partial charge in [-0.25, -0.2) is 9.50 Å². The summed E-state index contributed by atoms with van der Waals surface area (Å²) in [6.07, 6.45) is 2.49. The third-order valence-corrected chi connectivity index (χ3v) is 4.68. The fraction of sp³-hybridized carbons (Fsp3) is 0.562. The summed E-state index contributed by atoms with van der Waals surface area (Å²) in [6.45, 7) is 9.42. The van der Waals surface area contributed by atoms with Crippen LogP contribution in [-0.2, 0) is 0 Å². The predicted octanol–water partition coefficient (Wildman–Crippen LogP) is 1.97. The maximum atomic E-state index is 12.9. The summed E-state index contributed by atoms with van der Waals surface area (Å²) in [5, 5.41) is 4.40. The molecule has 1 fully saturated rings. The molecule has 1 unspecified atom stereocenters. The first-order valence-corrected chi connectivity index (χ1v) is 7.66. The van der Waals surface area contributed by atoms with Gasteiger partial charge in [0.05, 0.1) is 17.0 Å². The second-order valence-corrected chi connectivity index (χ2v) is 6.92. The van der Waals surface area contributed by atoms with Crippen LogP contribution < -0.4 is 5.73 Å². The van der Waals surface area contributed by atoms with Crippen LogP contribution in [0.15, 0.2) is 12.3 Å². The Hall–Kier alpha value is -1.66. The third kappa shape index (κ3) is 3.05. The lowest BCUT2D eigenvalue weighted by molar-refractivity contribution is 0.0531. The Morgan fingerprint density at radius 1 is 1.39 bits per heavy atom. The van der Waals surface area contributed by atoms with E-state index in [0.29, 0.717) is 18.7 Å². The molecule has 0 aromatic carbocycles. The van der Waals surface area contributed by atoms with Crippen molar-refractivity contribution >= 4 is 24.0 Å². The van der Waals surface area contributed by atoms with Crippen molar-refractivity contribution in [1.82, 2.24) is 19.5 Å². The van der Waals surface area contributed by atoms with Crippen LogP contribution in [-0.4, -0.2) is 44.5 Å². The highest BCUT2D eigenvalue weighted by atomic mass is 35.5. The van der Waals surface area contributed by atoms with Gasteiger partial charge in [-0.3, -0.25) is 4.79 Å². The number of halogens is 1. The molecule has 1 aliphatic rings. The highest BCUT2D eigenvalue weighted by molar-refractivity contribution is 5.95. The van der Waals surface area contributed by atoms with Gasteiger partial charge in [-0.1, -0.05) is 13.8 Å². The number of carbonyl (C=O) groups excluding carboxylic acids is 1. The topological polar surface area (TPSA) is 76.5 Å². The van der Waals surface area contributed by atoms with E-state index < -0.39 is 0 Å². The number of nitrogens with two attached hydrogens (primary N) is 1. The first-order chi connectivity index (χ1) is 10.3. The monoisotopic (exact) mass is 337 g/mol. The summed E-state index contributed by atoms with van der Waals surface area (Å²) in [5.74, 6) is 0.0139. The summed E-state index contributed by atoms with van der Waals surface area (Å²) in [5.41, 5.74) is 9.20. The van der Waals surface area contributed by atoms with Gasteiger partial charge >= 0.3 is 0 Å². The molecule has 0 bridgehead atoms. The van der Waals surface area contributed by atoms with Gasteiger partial charge in [-0.05, 0) is 25.7 Å². The summed E-state index contributed by atoms with van der Waals surface area (Å²) < 4.78 is 1.74. The molecule has 1 atom stereocenters. The zero-order valence-corrected chi connectivity index (χ0v) is 14.9. The number of likely N-dealkylation sites (tertiary alicyclic amines) is 1. The van der Waals surface area contributed by atoms with Crippen molar-refractivity contribution in [2.75, 3.05) is 13.1 Å². The predicted molar refractivity (Wildman–Crippen MR) is 92.0 cm³/mol. The minimum absolute atomic E-state index is 0. The fourth-order valence-corrected chi connectivity index (χ4v) is 3.09. The Kier molecular flexibility index (Phi) is 4.69. The molecule has 0 spiro atoms. The molecular weight excluding hydrogens is 314 g/mol. The van der Waals surface area contributed by atoms with Crippen molar-refractivity contribution in [2.24, 2.45) is 11.1 Å². The van der Waals surface area contributed by atoms with E-state index in [-0.39, 0.29) is 29.8 Å². The second kappa shape index (κ2) is 6.09. The first kappa shape index (κ1) is 17.7. The van der Waals surface area contributed by atoms with E-state index in [9.17, 15) is 4.79 Å². The highest BCUT2D eigenvalue weighted by Gasteiger charge is 2.36. The molecule has 126 valence electrons. The first-order valence-electron chi connectivity index (χ1n) is 7.66. The van der Waals surface area contributed by atoms with Gasteiger partial charge in [0.1, 0.15) is 0 Å². The summed E-state index contributed by atoms with van der Waals surface area (Å²) >= 11 is 0. The Balaban J connectivity index is 0.00000192. The molecule has 0 aliphatic carbocycles. The number of piperidine rings is 1. The molecule has 0 saturated carbocycles. The molecule has 6 nitrogen and oxygen atoms in total. The average Bonchev–Trinajstić information content (AvgIpc) is 2.83. The van der Waals surface area contributed by atoms with Crippen LogP contribution in [0.1, 0.15) is 42.0 Å². The van der Waals surface area contributed by atoms with Crippen LogP contribution in [0.4, 0.5) is 0 Å². The molecule has 3 rings (SSSR count). The van der Waals surface area contributed by atoms with Crippen molar-refractivity contribution in [3.05, 3.63) is 29.2 Å². The Morgan fingerprint density at radius 3 is 2.74 bits per heavy atom. The minimum atomic E-state index is -0.0678. The van der Waals surface area contributed by atoms with E-state index in [2.05, 4.69) is 23.9 Å². The van der Waals surface area contributed by atoms with Crippen molar-refractivity contribution in [1.29, 1.82) is 0 Å². The van der Waals surface area contributed by atoms with Gasteiger partial charge in [0.15, 0.2) is 5.65 Å². The number of fused-ring (bicyclic) bond motifs is 1. The molecule has 0 radical (unpaired) electrons. The third-order valence-electron chi connectivity index (χ3n) is 4.68. The summed E-state index contributed by atoms with van der Waals surface area (Å²) in [4.78, 5) is 19.1. The number of aryl methyl sites for hydroxylation is 2. The fourth-order valence-electron chi connectivity index (χ4n) is 3.09. The average molecular weight is 338 g/mol. The number of hydrogen-bond donors (Lipinski definition) is 1. The number of nitrogens with zero attached hydrogens (tertiary/aromatic N) is 4. The zero-order valence-electron chi connectivity index (χ0n) is 14.0. The molecule has 2 aromatic heterocycles. The van der Waals surface area contributed by atoms with Gasteiger partial charge in [-0.15, -0.1) is 12.4 Å². The smallest absolute Gasteiger partial charge is 0.257 e. The van der Waals surface area contributed by atoms with Crippen molar-refractivity contribution in [3.63, 3.8) is 0 Å². The van der Waals surface area contributed by atoms with Crippen molar-refractivity contribution in [2.45, 2.75) is 40.2 Å². The summed E-state index contributed by atoms with van der Waals surface area (Å²) in [6, 6.07) is 2.04. The Morgan fingerprint density at radius 2 is 2.09 bits per heavy atom. The standard InChI is InChI=1S/C16H23N5O.ClH/c1-10-7-14-18-8-12(11(2)21(14)19-10)15(22)20-6-5-13(17)16(3,4)9-20;/h7-8,13H,5-6,9,17H2,1-4H3;1H. The lowest BCUT2D eigenvalue weighted by atomic mass is 9.79. The van der Waals surface area contributed by atoms with E-state index in [0.717, 1.165) is 23.5 Å². The zero-order chi connectivity index (χ0) is 16.1. The van der Waals surface area contributed by atoms with Gasteiger partial charge < -0.3 is 10.6 Å². The number of rotatable bonds is 1. The lowest BCUT2D eigenvalue weighted by Gasteiger charge is -2.42. The Labute approximate surface area is 142 Å². The van der Waals surface area contributed by atoms with E-state index in [1.165, 1.54) is 0 Å². The normalized spacial score (nSPS) is 20.4. The number of aromatic nitrogens is 3. The van der Waals surface area contributed by atoms with Crippen LogP contribution in [0.2, 0.25) is 0 Å². The van der Waals surface area contributed by atoms with E-state index >= 15 is 0 Å². The Bertz CT molecular complexity index is 739. The van der Waals surface area contributed by atoms with E-state index in [1.807, 2.05) is 24.8 Å². The minimum Gasteiger partial charge on any atom is -0.338 e. The largest absolute Gasteiger partial charge is 0.338 e. The van der Waals surface area contributed by atoms with Crippen LogP contribution in [0, 0.1) is 19.3 Å². The lowest BCUT2D eigenvalue weighted by Crippen LogP contribution is -2.54. The highest BCUT2D eigenvalue weighted by Crippen LogP contribution is 2.28. The molecule has 1 saturated heterocycles. The molecule has 1 aliphatic heterocycles. The molecule has 23 heavy (non-hydrogen) atoms. The van der Waals surface area contributed by atoms with Crippen molar-refractivity contribution < 1.29 is 4.79 Å². The van der Waals surface area contributed by atoms with Crippen LogP contribution >= 0.6 is 12.4 Å². The molecule has 7 heteroatoms. The number of amides is 1. The molecule has 2 aromatic rings. The van der Waals surface area contributed by atoms with Gasteiger partial charge in [0, 0.05) is 31.4 Å². The maximum Gasteiger partial charge on any atom is 0.257 e. The van der Waals surface area contributed by atoms with E-state index in [1.54, 1.807) is 10.7 Å². The van der Waals surface area contributed by atoms with Crippen LogP contribution in [0.5, 0.6) is 0 Å². The summed E-state index contributed by atoms with van der Waals surface area (Å²) in [7, 11) is 0.